The predicted octanol–water partition coefficient (Wildman–Crippen LogP) is 4.31. The van der Waals surface area contributed by atoms with Gasteiger partial charge in [-0.25, -0.2) is 4.39 Å². The first-order valence-corrected chi connectivity index (χ1v) is 7.73. The normalized spacial score (nSPS) is 19.6. The highest BCUT2D eigenvalue weighted by atomic mass is 19.4. The minimum atomic E-state index is -4.24. The lowest BCUT2D eigenvalue weighted by atomic mass is 10.1. The molecule has 1 aromatic carbocycles. The van der Waals surface area contributed by atoms with E-state index in [0.717, 1.165) is 0 Å². The van der Waals surface area contributed by atoms with Crippen molar-refractivity contribution in [3.8, 4) is 0 Å². The number of hydrogen-bond acceptors (Lipinski definition) is 2. The lowest BCUT2D eigenvalue weighted by Gasteiger charge is -2.43. The summed E-state index contributed by atoms with van der Waals surface area (Å²) in [6.45, 7) is 7.12. The van der Waals surface area contributed by atoms with Crippen LogP contribution in [0, 0.1) is 5.82 Å². The summed E-state index contributed by atoms with van der Waals surface area (Å²) in [4.78, 5) is 3.16. The number of rotatable bonds is 3. The molecule has 22 heavy (non-hydrogen) atoms. The Morgan fingerprint density at radius 3 is 2.18 bits per heavy atom. The topological polar surface area (TPSA) is 6.48 Å². The first kappa shape index (κ1) is 18.7. The molecule has 0 radical (unpaired) electrons. The van der Waals surface area contributed by atoms with E-state index in [-0.39, 0.29) is 12.4 Å². The van der Waals surface area contributed by atoms with Crippen molar-refractivity contribution in [1.29, 1.82) is 0 Å². The quantitative estimate of drug-likeness (QED) is 0.766. The third kappa shape index (κ3) is 4.87. The molecule has 1 heterocycles. The monoisotopic (exact) mass is 320 g/mol. The minimum Gasteiger partial charge on any atom is -0.368 e. The maximum atomic E-state index is 13.1. The van der Waals surface area contributed by atoms with E-state index < -0.39 is 12.2 Å². The molecular weight excluding hydrogens is 296 g/mol. The molecule has 0 bridgehead atoms. The van der Waals surface area contributed by atoms with Crippen molar-refractivity contribution in [1.82, 2.24) is 4.90 Å². The summed E-state index contributed by atoms with van der Waals surface area (Å²) in [7, 11) is 0. The van der Waals surface area contributed by atoms with Crippen molar-refractivity contribution in [2.45, 2.75) is 39.4 Å². The zero-order valence-corrected chi connectivity index (χ0v) is 13.3. The average molecular weight is 320 g/mol. The van der Waals surface area contributed by atoms with Crippen molar-refractivity contribution in [3.05, 3.63) is 30.1 Å². The van der Waals surface area contributed by atoms with Gasteiger partial charge < -0.3 is 4.90 Å². The SMILES string of the molecule is CC.CCCN1CCN(c2ccc(F)cc2)CC1C(F)(F)F. The Labute approximate surface area is 129 Å². The van der Waals surface area contributed by atoms with Crippen LogP contribution in [0.5, 0.6) is 0 Å². The number of alkyl halides is 3. The lowest BCUT2D eigenvalue weighted by Crippen LogP contribution is -2.59. The summed E-state index contributed by atoms with van der Waals surface area (Å²) in [6, 6.07) is 4.14. The smallest absolute Gasteiger partial charge is 0.368 e. The molecule has 0 spiro atoms. The fraction of sp³-hybridized carbons (Fsp3) is 0.625. The third-order valence-corrected chi connectivity index (χ3v) is 3.57. The van der Waals surface area contributed by atoms with E-state index in [9.17, 15) is 17.6 Å². The number of benzene rings is 1. The van der Waals surface area contributed by atoms with Crippen molar-refractivity contribution < 1.29 is 17.6 Å². The molecule has 1 aliphatic rings. The summed E-state index contributed by atoms with van der Waals surface area (Å²) in [6.07, 6.45) is -3.54. The molecule has 126 valence electrons. The highest BCUT2D eigenvalue weighted by molar-refractivity contribution is 5.47. The Kier molecular flexibility index (Phi) is 7.13. The van der Waals surface area contributed by atoms with Crippen molar-refractivity contribution in [2.24, 2.45) is 0 Å². The fourth-order valence-corrected chi connectivity index (χ4v) is 2.57. The molecule has 1 aliphatic heterocycles. The summed E-state index contributed by atoms with van der Waals surface area (Å²) in [5, 5.41) is 0. The van der Waals surface area contributed by atoms with Crippen molar-refractivity contribution >= 4 is 5.69 Å². The van der Waals surface area contributed by atoms with Crippen LogP contribution in [0.1, 0.15) is 27.2 Å². The lowest BCUT2D eigenvalue weighted by molar-refractivity contribution is -0.184. The molecule has 1 fully saturated rings. The number of anilines is 1. The van der Waals surface area contributed by atoms with Gasteiger partial charge in [-0.3, -0.25) is 4.90 Å². The van der Waals surface area contributed by atoms with E-state index in [1.54, 1.807) is 4.90 Å². The first-order chi connectivity index (χ1) is 10.4. The van der Waals surface area contributed by atoms with Gasteiger partial charge in [0.1, 0.15) is 11.9 Å². The zero-order valence-electron chi connectivity index (χ0n) is 13.3. The third-order valence-electron chi connectivity index (χ3n) is 3.57. The molecule has 0 N–H and O–H groups in total. The molecule has 0 aromatic heterocycles. The van der Waals surface area contributed by atoms with Crippen LogP contribution in [0.2, 0.25) is 0 Å². The van der Waals surface area contributed by atoms with Gasteiger partial charge in [-0.1, -0.05) is 20.8 Å². The second kappa shape index (κ2) is 8.36. The van der Waals surface area contributed by atoms with Crippen LogP contribution >= 0.6 is 0 Å². The van der Waals surface area contributed by atoms with Gasteiger partial charge in [0.2, 0.25) is 0 Å². The minimum absolute atomic E-state index is 0.102. The maximum absolute atomic E-state index is 13.1. The number of nitrogens with zero attached hydrogens (tertiary/aromatic N) is 2. The average Bonchev–Trinajstić information content (AvgIpc) is 2.50. The van der Waals surface area contributed by atoms with E-state index >= 15 is 0 Å². The summed E-state index contributed by atoms with van der Waals surface area (Å²) in [5.74, 6) is -0.384. The Balaban J connectivity index is 0.00000116. The number of piperazine rings is 1. The van der Waals surface area contributed by atoms with Crippen LogP contribution in [0.25, 0.3) is 0 Å². The van der Waals surface area contributed by atoms with Gasteiger partial charge in [0.25, 0.3) is 0 Å². The Morgan fingerprint density at radius 2 is 1.68 bits per heavy atom. The Morgan fingerprint density at radius 1 is 1.09 bits per heavy atom. The largest absolute Gasteiger partial charge is 0.405 e. The maximum Gasteiger partial charge on any atom is 0.405 e. The molecular formula is C16H24F4N2. The van der Waals surface area contributed by atoms with Crippen LogP contribution in [0.15, 0.2) is 24.3 Å². The molecule has 1 saturated heterocycles. The summed E-state index contributed by atoms with van der Waals surface area (Å²) in [5.41, 5.74) is 0.636. The standard InChI is InChI=1S/C14H18F4N2.C2H6/c1-2-7-19-8-9-20(10-13(19)14(16,17)18)12-5-3-11(15)4-6-12;1-2/h3-6,13H,2,7-10H2,1H3;1-2H3. The van der Waals surface area contributed by atoms with E-state index in [1.807, 2.05) is 20.8 Å². The number of halogens is 4. The van der Waals surface area contributed by atoms with Gasteiger partial charge in [-0.2, -0.15) is 13.2 Å². The summed E-state index contributed by atoms with van der Waals surface area (Å²) >= 11 is 0. The van der Waals surface area contributed by atoms with Crippen molar-refractivity contribution in [3.63, 3.8) is 0 Å². The molecule has 0 saturated carbocycles. The van der Waals surface area contributed by atoms with Gasteiger partial charge in [0.05, 0.1) is 0 Å². The van der Waals surface area contributed by atoms with Crippen LogP contribution in [0.3, 0.4) is 0 Å². The van der Waals surface area contributed by atoms with Gasteiger partial charge in [0, 0.05) is 25.3 Å². The van der Waals surface area contributed by atoms with E-state index in [1.165, 1.54) is 29.2 Å². The van der Waals surface area contributed by atoms with Gasteiger partial charge >= 0.3 is 6.18 Å². The van der Waals surface area contributed by atoms with Crippen LogP contribution < -0.4 is 4.90 Å². The van der Waals surface area contributed by atoms with E-state index in [0.29, 0.717) is 31.7 Å². The van der Waals surface area contributed by atoms with Gasteiger partial charge in [-0.05, 0) is 37.2 Å². The van der Waals surface area contributed by atoms with Crippen LogP contribution in [-0.2, 0) is 0 Å². The second-order valence-corrected chi connectivity index (χ2v) is 5.02. The molecule has 6 heteroatoms. The van der Waals surface area contributed by atoms with Gasteiger partial charge in [0.15, 0.2) is 0 Å². The Bertz CT molecular complexity index is 431. The molecule has 0 aliphatic carbocycles. The van der Waals surface area contributed by atoms with Crippen LogP contribution in [-0.4, -0.2) is 43.3 Å². The molecule has 1 unspecified atom stereocenters. The molecule has 2 rings (SSSR count). The second-order valence-electron chi connectivity index (χ2n) is 5.02. The predicted molar refractivity (Wildman–Crippen MR) is 81.7 cm³/mol. The van der Waals surface area contributed by atoms with Crippen LogP contribution in [0.4, 0.5) is 23.2 Å². The van der Waals surface area contributed by atoms with Gasteiger partial charge in [-0.15, -0.1) is 0 Å². The zero-order chi connectivity index (χ0) is 16.8. The molecule has 1 aromatic rings. The Hall–Kier alpha value is -1.30. The number of hydrogen-bond donors (Lipinski definition) is 0. The fourth-order valence-electron chi connectivity index (χ4n) is 2.57. The molecule has 0 amide bonds. The van der Waals surface area contributed by atoms with E-state index in [4.69, 9.17) is 0 Å². The first-order valence-electron chi connectivity index (χ1n) is 7.73. The molecule has 1 atom stereocenters. The van der Waals surface area contributed by atoms with Crippen molar-refractivity contribution in [2.75, 3.05) is 31.1 Å². The highest BCUT2D eigenvalue weighted by Gasteiger charge is 2.46. The highest BCUT2D eigenvalue weighted by Crippen LogP contribution is 2.30. The molecule has 2 nitrogen and oxygen atoms in total. The van der Waals surface area contributed by atoms with E-state index in [2.05, 4.69) is 0 Å². The summed E-state index contributed by atoms with van der Waals surface area (Å²) < 4.78 is 52.3.